The molecule has 0 saturated heterocycles. The Kier molecular flexibility index (Phi) is 3.84. The summed E-state index contributed by atoms with van der Waals surface area (Å²) >= 11 is 1.73. The van der Waals surface area contributed by atoms with Crippen molar-refractivity contribution in [3.05, 3.63) is 16.1 Å². The number of aryl methyl sites for hydroxylation is 1. The molecule has 2 atom stereocenters. The molecule has 0 aliphatic heterocycles. The molecule has 2 unspecified atom stereocenters. The molecule has 2 nitrogen and oxygen atoms in total. The van der Waals surface area contributed by atoms with E-state index >= 15 is 0 Å². The first kappa shape index (κ1) is 14.0. The van der Waals surface area contributed by atoms with E-state index in [2.05, 4.69) is 38.1 Å². The maximum Gasteiger partial charge on any atom is 0.0897 e. The van der Waals surface area contributed by atoms with Crippen LogP contribution in [0, 0.1) is 18.3 Å². The van der Waals surface area contributed by atoms with Crippen LogP contribution in [0.4, 0.5) is 0 Å². The van der Waals surface area contributed by atoms with Crippen LogP contribution < -0.4 is 5.73 Å². The molecule has 1 aromatic heterocycles. The van der Waals surface area contributed by atoms with Crippen molar-refractivity contribution < 1.29 is 0 Å². The summed E-state index contributed by atoms with van der Waals surface area (Å²) in [6.07, 6.45) is 5.96. The largest absolute Gasteiger partial charge is 0.324 e. The number of hydrogen-bond donors (Lipinski definition) is 1. The molecule has 1 fully saturated rings. The Morgan fingerprint density at radius 3 is 2.72 bits per heavy atom. The predicted molar refractivity (Wildman–Crippen MR) is 78.9 cm³/mol. The predicted octanol–water partition coefficient (Wildman–Crippen LogP) is 3.93. The number of thiazole rings is 1. The highest BCUT2D eigenvalue weighted by Gasteiger charge is 2.43. The monoisotopic (exact) mass is 266 g/mol. The second-order valence-electron chi connectivity index (χ2n) is 6.93. The SMILES string of the molecule is Cc1nc(CC2(N)CCCCC2C(C)(C)C)cs1. The Morgan fingerprint density at radius 2 is 2.17 bits per heavy atom. The second kappa shape index (κ2) is 4.93. The van der Waals surface area contributed by atoms with Gasteiger partial charge in [0.15, 0.2) is 0 Å². The van der Waals surface area contributed by atoms with Gasteiger partial charge < -0.3 is 5.73 Å². The van der Waals surface area contributed by atoms with Crippen molar-refractivity contribution >= 4 is 11.3 Å². The van der Waals surface area contributed by atoms with E-state index < -0.39 is 0 Å². The quantitative estimate of drug-likeness (QED) is 0.881. The third kappa shape index (κ3) is 2.94. The summed E-state index contributed by atoms with van der Waals surface area (Å²) in [6.45, 7) is 9.06. The highest BCUT2D eigenvalue weighted by Crippen LogP contribution is 2.44. The van der Waals surface area contributed by atoms with E-state index in [9.17, 15) is 0 Å². The Labute approximate surface area is 115 Å². The molecule has 0 amide bonds. The van der Waals surface area contributed by atoms with Gasteiger partial charge >= 0.3 is 0 Å². The van der Waals surface area contributed by atoms with E-state index in [1.807, 2.05) is 0 Å². The molecule has 1 aliphatic carbocycles. The highest BCUT2D eigenvalue weighted by atomic mass is 32.1. The van der Waals surface area contributed by atoms with Crippen LogP contribution in [-0.2, 0) is 6.42 Å². The van der Waals surface area contributed by atoms with Crippen molar-refractivity contribution in [1.82, 2.24) is 4.98 Å². The lowest BCUT2D eigenvalue weighted by Crippen LogP contribution is -2.55. The average Bonchev–Trinajstić information content (AvgIpc) is 2.62. The summed E-state index contributed by atoms with van der Waals surface area (Å²) < 4.78 is 0. The molecule has 2 N–H and O–H groups in total. The third-order valence-electron chi connectivity index (χ3n) is 4.30. The topological polar surface area (TPSA) is 38.9 Å². The van der Waals surface area contributed by atoms with Gasteiger partial charge in [-0.25, -0.2) is 4.98 Å². The molecule has 0 radical (unpaired) electrons. The lowest BCUT2D eigenvalue weighted by atomic mass is 9.61. The van der Waals surface area contributed by atoms with Gasteiger partial charge in [0.1, 0.15) is 0 Å². The minimum absolute atomic E-state index is 0.0585. The van der Waals surface area contributed by atoms with Crippen LogP contribution in [0.25, 0.3) is 0 Å². The minimum atomic E-state index is -0.0585. The average molecular weight is 266 g/mol. The van der Waals surface area contributed by atoms with Crippen molar-refractivity contribution in [1.29, 1.82) is 0 Å². The van der Waals surface area contributed by atoms with Crippen molar-refractivity contribution in [2.45, 2.75) is 65.3 Å². The summed E-state index contributed by atoms with van der Waals surface area (Å²) in [6, 6.07) is 0. The van der Waals surface area contributed by atoms with Crippen molar-refractivity contribution in [3.63, 3.8) is 0 Å². The first-order valence-electron chi connectivity index (χ1n) is 7.01. The lowest BCUT2D eigenvalue weighted by Gasteiger charge is -2.48. The van der Waals surface area contributed by atoms with E-state index in [1.165, 1.54) is 25.0 Å². The summed E-state index contributed by atoms with van der Waals surface area (Å²) in [5.74, 6) is 0.598. The highest BCUT2D eigenvalue weighted by molar-refractivity contribution is 7.09. The number of nitrogens with two attached hydrogens (primary N) is 1. The van der Waals surface area contributed by atoms with E-state index in [0.29, 0.717) is 11.3 Å². The Balaban J connectivity index is 2.20. The number of rotatable bonds is 2. The maximum absolute atomic E-state index is 6.80. The summed E-state index contributed by atoms with van der Waals surface area (Å²) in [7, 11) is 0. The zero-order chi connectivity index (χ0) is 13.4. The molecular formula is C15H26N2S. The first-order valence-corrected chi connectivity index (χ1v) is 7.89. The normalized spacial score (nSPS) is 29.5. The van der Waals surface area contributed by atoms with Gasteiger partial charge in [-0.2, -0.15) is 0 Å². The Morgan fingerprint density at radius 1 is 1.44 bits per heavy atom. The van der Waals surface area contributed by atoms with E-state index in [1.54, 1.807) is 11.3 Å². The fraction of sp³-hybridized carbons (Fsp3) is 0.800. The second-order valence-corrected chi connectivity index (χ2v) is 7.99. The van der Waals surface area contributed by atoms with Crippen LogP contribution in [0.3, 0.4) is 0 Å². The molecule has 1 aromatic rings. The van der Waals surface area contributed by atoms with Gasteiger partial charge in [0.05, 0.1) is 10.7 Å². The molecule has 1 saturated carbocycles. The number of aromatic nitrogens is 1. The van der Waals surface area contributed by atoms with Crippen molar-refractivity contribution in [2.24, 2.45) is 17.1 Å². The fourth-order valence-corrected chi connectivity index (χ4v) is 4.21. The van der Waals surface area contributed by atoms with Crippen LogP contribution in [-0.4, -0.2) is 10.5 Å². The lowest BCUT2D eigenvalue weighted by molar-refractivity contribution is 0.0787. The van der Waals surface area contributed by atoms with E-state index in [0.717, 1.165) is 17.8 Å². The van der Waals surface area contributed by atoms with Gasteiger partial charge in [0.25, 0.3) is 0 Å². The molecular weight excluding hydrogens is 240 g/mol. The molecule has 18 heavy (non-hydrogen) atoms. The van der Waals surface area contributed by atoms with Gasteiger partial charge in [-0.3, -0.25) is 0 Å². The van der Waals surface area contributed by atoms with Crippen LogP contribution >= 0.6 is 11.3 Å². The summed E-state index contributed by atoms with van der Waals surface area (Å²) in [5, 5.41) is 3.33. The van der Waals surface area contributed by atoms with E-state index in [-0.39, 0.29) is 5.54 Å². The molecule has 0 bridgehead atoms. The number of hydrogen-bond acceptors (Lipinski definition) is 3. The molecule has 0 spiro atoms. The Bertz CT molecular complexity index is 405. The van der Waals surface area contributed by atoms with Crippen molar-refractivity contribution in [2.75, 3.05) is 0 Å². The van der Waals surface area contributed by atoms with Gasteiger partial charge in [0, 0.05) is 17.3 Å². The Hall–Kier alpha value is -0.410. The molecule has 0 aromatic carbocycles. The molecule has 3 heteroatoms. The van der Waals surface area contributed by atoms with Crippen LogP contribution in [0.15, 0.2) is 5.38 Å². The fourth-order valence-electron chi connectivity index (χ4n) is 3.60. The third-order valence-corrected chi connectivity index (χ3v) is 5.12. The van der Waals surface area contributed by atoms with Gasteiger partial charge in [-0.15, -0.1) is 11.3 Å². The van der Waals surface area contributed by atoms with Crippen LogP contribution in [0.2, 0.25) is 0 Å². The van der Waals surface area contributed by atoms with Crippen LogP contribution in [0.5, 0.6) is 0 Å². The van der Waals surface area contributed by atoms with Crippen molar-refractivity contribution in [3.8, 4) is 0 Å². The van der Waals surface area contributed by atoms with E-state index in [4.69, 9.17) is 5.73 Å². The molecule has 102 valence electrons. The zero-order valence-electron chi connectivity index (χ0n) is 12.1. The summed E-state index contributed by atoms with van der Waals surface area (Å²) in [5.41, 5.74) is 8.22. The number of nitrogens with zero attached hydrogens (tertiary/aromatic N) is 1. The minimum Gasteiger partial charge on any atom is -0.324 e. The van der Waals surface area contributed by atoms with Gasteiger partial charge in [-0.05, 0) is 31.1 Å². The molecule has 1 aliphatic rings. The smallest absolute Gasteiger partial charge is 0.0897 e. The maximum atomic E-state index is 6.80. The zero-order valence-corrected chi connectivity index (χ0v) is 12.9. The van der Waals surface area contributed by atoms with Crippen LogP contribution in [0.1, 0.15) is 57.2 Å². The van der Waals surface area contributed by atoms with Gasteiger partial charge in [0.2, 0.25) is 0 Å². The summed E-state index contributed by atoms with van der Waals surface area (Å²) in [4.78, 5) is 4.61. The first-order chi connectivity index (χ1) is 8.31. The molecule has 1 heterocycles. The standard InChI is InChI=1S/C15H26N2S/c1-11-17-12(10-18-11)9-15(16)8-6-5-7-13(15)14(2,3)4/h10,13H,5-9,16H2,1-4H3. The molecule has 2 rings (SSSR count). The van der Waals surface area contributed by atoms with Gasteiger partial charge in [-0.1, -0.05) is 33.6 Å².